The third-order valence-electron chi connectivity index (χ3n) is 14.2. The van der Waals surface area contributed by atoms with Crippen molar-refractivity contribution < 1.29 is 32.7 Å². The van der Waals surface area contributed by atoms with Crippen molar-refractivity contribution >= 4 is 7.82 Å². The lowest BCUT2D eigenvalue weighted by Crippen LogP contribution is -2.52. The van der Waals surface area contributed by atoms with E-state index in [9.17, 15) is 0 Å². The fraction of sp³-hybridized carbons (Fsp3) is 1.00. The standard InChI is InChI=1S/3C20H44N.H3O4P/c3*1-17(2)9-13-21(14-10-18(3)4,15-11-19(5)6)16-12-20(7)8;1-5(2,3)4/h3*17-20H,9-16H2,1-8H3;(H3,1,2,3,4)/q3*+1;/p-3. The van der Waals surface area contributed by atoms with Crippen molar-refractivity contribution in [2.24, 2.45) is 71.0 Å². The first-order valence-electron chi connectivity index (χ1n) is 29.3. The Morgan fingerprint density at radius 3 is 0.324 bits per heavy atom. The number of rotatable bonds is 36. The lowest BCUT2D eigenvalue weighted by molar-refractivity contribution is -0.930. The maximum atomic E-state index is 8.55. The van der Waals surface area contributed by atoms with E-state index in [1.54, 1.807) is 0 Å². The van der Waals surface area contributed by atoms with Gasteiger partial charge in [-0.2, -0.15) is 7.82 Å². The molecule has 0 unspecified atom stereocenters. The summed E-state index contributed by atoms with van der Waals surface area (Å²) < 4.78 is 12.7. The summed E-state index contributed by atoms with van der Waals surface area (Å²) in [6.07, 6.45) is 16.6. The van der Waals surface area contributed by atoms with Crippen LogP contribution in [0.2, 0.25) is 0 Å². The number of quaternary nitrogens is 3. The second-order valence-electron chi connectivity index (χ2n) is 27.3. The Labute approximate surface area is 431 Å². The molecule has 0 spiro atoms. The molecule has 0 amide bonds. The maximum Gasteiger partial charge on any atom is 0.0789 e. The van der Waals surface area contributed by atoms with Gasteiger partial charge in [0.25, 0.3) is 0 Å². The van der Waals surface area contributed by atoms with Gasteiger partial charge in [-0.1, -0.05) is 166 Å². The van der Waals surface area contributed by atoms with Gasteiger partial charge in [0.2, 0.25) is 0 Å². The third-order valence-corrected chi connectivity index (χ3v) is 14.2. The molecule has 68 heavy (non-hydrogen) atoms. The molecule has 416 valence electrons. The van der Waals surface area contributed by atoms with Crippen molar-refractivity contribution in [2.45, 2.75) is 243 Å². The van der Waals surface area contributed by atoms with Crippen LogP contribution in [0.5, 0.6) is 0 Å². The molecule has 0 aliphatic carbocycles. The van der Waals surface area contributed by atoms with E-state index >= 15 is 0 Å². The van der Waals surface area contributed by atoms with E-state index in [-0.39, 0.29) is 0 Å². The Bertz CT molecular complexity index is 849. The van der Waals surface area contributed by atoms with Crippen LogP contribution in [0.15, 0.2) is 0 Å². The van der Waals surface area contributed by atoms with Crippen LogP contribution in [0.25, 0.3) is 0 Å². The van der Waals surface area contributed by atoms with E-state index < -0.39 is 7.82 Å². The lowest BCUT2D eigenvalue weighted by atomic mass is 10.0. The molecule has 0 aromatic heterocycles. The predicted molar refractivity (Wildman–Crippen MR) is 300 cm³/mol. The van der Waals surface area contributed by atoms with Crippen molar-refractivity contribution in [3.05, 3.63) is 0 Å². The first kappa shape index (κ1) is 74.5. The highest BCUT2D eigenvalue weighted by atomic mass is 31.2. The molecule has 0 heterocycles. The Morgan fingerprint density at radius 2 is 0.279 bits per heavy atom. The number of nitrogens with zero attached hydrogens (tertiary/aromatic N) is 3. The highest BCUT2D eigenvalue weighted by molar-refractivity contribution is 7.40. The molecule has 0 aliphatic rings. The van der Waals surface area contributed by atoms with Crippen molar-refractivity contribution in [1.29, 1.82) is 0 Å². The Hall–Kier alpha value is -0.0100. The molecule has 0 aliphatic heterocycles. The lowest BCUT2D eigenvalue weighted by Gasteiger charge is -2.41. The largest absolute Gasteiger partial charge is 0.822 e. The van der Waals surface area contributed by atoms with Gasteiger partial charge >= 0.3 is 0 Å². The SMILES string of the molecule is CC(C)CC[N+](CCC(C)C)(CCC(C)C)CCC(C)C.CC(C)CC[N+](CCC(C)C)(CCC(C)C)CCC(C)C.CC(C)CC[N+](CCC(C)C)(CCC(C)C)CCC(C)C.O=P([O-])([O-])[O-]. The van der Waals surface area contributed by atoms with Gasteiger partial charge in [0.15, 0.2) is 0 Å². The topological polar surface area (TPSA) is 86.2 Å². The van der Waals surface area contributed by atoms with Crippen LogP contribution in [-0.2, 0) is 4.57 Å². The van der Waals surface area contributed by atoms with Crippen molar-refractivity contribution in [1.82, 2.24) is 0 Å². The molecule has 0 saturated carbocycles. The summed E-state index contributed by atoms with van der Waals surface area (Å²) in [6, 6.07) is 0. The molecule has 0 rings (SSSR count). The van der Waals surface area contributed by atoms with Crippen molar-refractivity contribution in [3.8, 4) is 0 Å². The molecule has 7 nitrogen and oxygen atoms in total. The summed E-state index contributed by atoms with van der Waals surface area (Å²) >= 11 is 0. The number of phosphoric acid groups is 1. The number of hydrogen-bond acceptors (Lipinski definition) is 4. The Balaban J connectivity index is -0.000000429. The molecule has 0 aromatic carbocycles. The molecular weight excluding hydrogens is 858 g/mol. The van der Waals surface area contributed by atoms with Gasteiger partial charge in [0, 0.05) is 0 Å². The average Bonchev–Trinajstić information content (AvgIpc) is 3.18. The maximum absolute atomic E-state index is 8.55. The van der Waals surface area contributed by atoms with Crippen LogP contribution in [0, 0.1) is 71.0 Å². The van der Waals surface area contributed by atoms with Gasteiger partial charge < -0.3 is 32.7 Å². The molecule has 0 aromatic rings. The summed E-state index contributed by atoms with van der Waals surface area (Å²) in [5.41, 5.74) is 0. The summed E-state index contributed by atoms with van der Waals surface area (Å²) in [4.78, 5) is 25.6. The van der Waals surface area contributed by atoms with E-state index in [0.717, 1.165) is 71.0 Å². The van der Waals surface area contributed by atoms with Crippen LogP contribution < -0.4 is 14.7 Å². The average molecular weight is 991 g/mol. The van der Waals surface area contributed by atoms with Gasteiger partial charge in [-0.3, -0.25) is 0 Å². The fourth-order valence-electron chi connectivity index (χ4n) is 8.40. The van der Waals surface area contributed by atoms with Crippen molar-refractivity contribution in [2.75, 3.05) is 78.5 Å². The molecule has 0 radical (unpaired) electrons. The van der Waals surface area contributed by atoms with E-state index in [0.29, 0.717) is 0 Å². The minimum atomic E-state index is -5.39. The molecule has 0 N–H and O–H groups in total. The summed E-state index contributed by atoms with van der Waals surface area (Å²) in [5, 5.41) is 0. The van der Waals surface area contributed by atoms with E-state index in [2.05, 4.69) is 166 Å². The summed E-state index contributed by atoms with van der Waals surface area (Å²) in [5.74, 6) is 10.00. The minimum absolute atomic E-state index is 0.833. The molecular formula is C60H132N3O4P. The van der Waals surface area contributed by atoms with Gasteiger partial charge in [-0.25, -0.2) is 0 Å². The van der Waals surface area contributed by atoms with Gasteiger partial charge in [0.05, 0.1) is 78.5 Å². The monoisotopic (exact) mass is 990 g/mol. The van der Waals surface area contributed by atoms with Crippen molar-refractivity contribution in [3.63, 3.8) is 0 Å². The van der Waals surface area contributed by atoms with E-state index in [1.807, 2.05) is 0 Å². The minimum Gasteiger partial charge on any atom is -0.822 e. The first-order chi connectivity index (χ1) is 31.0. The molecule has 8 heteroatoms. The molecule has 0 bridgehead atoms. The summed E-state index contributed by atoms with van der Waals surface area (Å²) in [7, 11) is -5.39. The molecule has 0 fully saturated rings. The Kier molecular flexibility index (Phi) is 45.3. The van der Waals surface area contributed by atoms with E-state index in [4.69, 9.17) is 19.2 Å². The van der Waals surface area contributed by atoms with Gasteiger partial charge in [0.1, 0.15) is 0 Å². The first-order valence-corrected chi connectivity index (χ1v) is 30.7. The van der Waals surface area contributed by atoms with Crippen LogP contribution in [0.4, 0.5) is 0 Å². The smallest absolute Gasteiger partial charge is 0.0789 e. The fourth-order valence-corrected chi connectivity index (χ4v) is 8.40. The van der Waals surface area contributed by atoms with Crippen LogP contribution in [0.1, 0.15) is 243 Å². The molecule has 0 atom stereocenters. The predicted octanol–water partition coefficient (Wildman–Crippen LogP) is 15.1. The zero-order valence-corrected chi connectivity index (χ0v) is 52.2. The Morgan fingerprint density at radius 1 is 0.221 bits per heavy atom. The van der Waals surface area contributed by atoms with Gasteiger partial charge in [-0.05, 0) is 148 Å². The van der Waals surface area contributed by atoms with Gasteiger partial charge in [-0.15, -0.1) is 0 Å². The van der Waals surface area contributed by atoms with Crippen LogP contribution in [-0.4, -0.2) is 92.0 Å². The quantitative estimate of drug-likeness (QED) is 0.0462. The van der Waals surface area contributed by atoms with Crippen LogP contribution in [0.3, 0.4) is 0 Å². The second-order valence-corrected chi connectivity index (χ2v) is 28.2. The highest BCUT2D eigenvalue weighted by Crippen LogP contribution is 2.24. The van der Waals surface area contributed by atoms with Crippen LogP contribution >= 0.6 is 7.82 Å². The number of hydrogen-bond donors (Lipinski definition) is 0. The normalized spacial score (nSPS) is 13.0. The van der Waals surface area contributed by atoms with E-state index in [1.165, 1.54) is 169 Å². The molecule has 0 saturated heterocycles. The zero-order valence-electron chi connectivity index (χ0n) is 51.3. The highest BCUT2D eigenvalue weighted by Gasteiger charge is 2.30. The summed E-state index contributed by atoms with van der Waals surface area (Å²) in [6.45, 7) is 73.8. The zero-order chi connectivity index (χ0) is 53.9. The third kappa shape index (κ3) is 53.8. The second kappa shape index (κ2) is 41.4.